The van der Waals surface area contributed by atoms with Crippen molar-refractivity contribution in [1.29, 1.82) is 0 Å². The van der Waals surface area contributed by atoms with Crippen molar-refractivity contribution in [2.75, 3.05) is 11.9 Å². The highest BCUT2D eigenvalue weighted by Gasteiger charge is 2.42. The summed E-state index contributed by atoms with van der Waals surface area (Å²) in [4.78, 5) is 0. The summed E-state index contributed by atoms with van der Waals surface area (Å²) in [6.45, 7) is 0.0216. The average molecular weight is 348 g/mol. The first-order chi connectivity index (χ1) is 11.7. The Balaban J connectivity index is 1.75. The molecule has 0 spiro atoms. The molecule has 0 bridgehead atoms. The van der Waals surface area contributed by atoms with E-state index in [0.29, 0.717) is 5.02 Å². The number of anilines is 1. The summed E-state index contributed by atoms with van der Waals surface area (Å²) in [6.07, 6.45) is 1.47. The van der Waals surface area contributed by atoms with E-state index in [0.717, 1.165) is 29.7 Å². The molecule has 24 heavy (non-hydrogen) atoms. The Bertz CT molecular complexity index is 737. The Kier molecular flexibility index (Phi) is 4.21. The molecule has 0 aliphatic carbocycles. The second kappa shape index (κ2) is 6.36. The Labute approximate surface area is 145 Å². The van der Waals surface area contributed by atoms with E-state index >= 15 is 0 Å². The van der Waals surface area contributed by atoms with Crippen molar-refractivity contribution in [1.82, 2.24) is 0 Å². The van der Waals surface area contributed by atoms with E-state index in [-0.39, 0.29) is 36.6 Å². The molecular weight excluding hydrogens is 329 g/mol. The number of halogens is 2. The Morgan fingerprint density at radius 2 is 1.96 bits per heavy atom. The molecule has 5 heteroatoms. The minimum atomic E-state index is -0.237. The molecule has 3 nitrogen and oxygen atoms in total. The molecule has 1 saturated heterocycles. The fourth-order valence-corrected chi connectivity index (χ4v) is 4.04. The zero-order chi connectivity index (χ0) is 16.7. The quantitative estimate of drug-likeness (QED) is 0.842. The maximum Gasteiger partial charge on any atom is 0.123 e. The van der Waals surface area contributed by atoms with Crippen LogP contribution in [0.4, 0.5) is 10.1 Å². The molecule has 0 saturated carbocycles. The summed E-state index contributed by atoms with van der Waals surface area (Å²) in [5, 5.41) is 13.7. The lowest BCUT2D eigenvalue weighted by Crippen LogP contribution is -2.40. The van der Waals surface area contributed by atoms with Gasteiger partial charge in [-0.3, -0.25) is 0 Å². The Morgan fingerprint density at radius 1 is 1.17 bits per heavy atom. The average Bonchev–Trinajstić information content (AvgIpc) is 2.61. The summed E-state index contributed by atoms with van der Waals surface area (Å²) in [5.41, 5.74) is 3.05. The summed E-state index contributed by atoms with van der Waals surface area (Å²) >= 11 is 6.17. The molecule has 4 atom stereocenters. The van der Waals surface area contributed by atoms with Crippen LogP contribution in [0.15, 0.2) is 42.5 Å². The lowest BCUT2D eigenvalue weighted by Gasteiger charge is -2.45. The van der Waals surface area contributed by atoms with Crippen LogP contribution >= 0.6 is 11.6 Å². The molecule has 1 fully saturated rings. The first-order valence-electron chi connectivity index (χ1n) is 8.23. The van der Waals surface area contributed by atoms with Gasteiger partial charge in [0.15, 0.2) is 0 Å². The number of ether oxygens (including phenoxy) is 1. The molecule has 2 heterocycles. The lowest BCUT2D eigenvalue weighted by molar-refractivity contribution is -0.110. The second-order valence-electron chi connectivity index (χ2n) is 6.51. The lowest BCUT2D eigenvalue weighted by atomic mass is 9.76. The van der Waals surface area contributed by atoms with Gasteiger partial charge >= 0.3 is 0 Å². The molecule has 0 unspecified atom stereocenters. The number of hydrogen-bond donors (Lipinski definition) is 2. The van der Waals surface area contributed by atoms with Crippen molar-refractivity contribution in [3.05, 3.63) is 64.4 Å². The number of aliphatic hydroxyl groups is 1. The van der Waals surface area contributed by atoms with Gasteiger partial charge in [0.25, 0.3) is 0 Å². The van der Waals surface area contributed by atoms with Crippen LogP contribution in [0.25, 0.3) is 0 Å². The maximum atomic E-state index is 13.3. The zero-order valence-electron chi connectivity index (χ0n) is 13.1. The van der Waals surface area contributed by atoms with Gasteiger partial charge in [-0.1, -0.05) is 23.7 Å². The predicted molar refractivity (Wildman–Crippen MR) is 91.6 cm³/mol. The highest BCUT2D eigenvalue weighted by molar-refractivity contribution is 6.30. The number of rotatable bonds is 2. The number of benzene rings is 2. The summed E-state index contributed by atoms with van der Waals surface area (Å²) < 4.78 is 19.5. The van der Waals surface area contributed by atoms with Gasteiger partial charge in [-0.15, -0.1) is 0 Å². The van der Waals surface area contributed by atoms with E-state index in [1.165, 1.54) is 12.1 Å². The van der Waals surface area contributed by atoms with Crippen LogP contribution in [-0.2, 0) is 4.74 Å². The Hall–Kier alpha value is -1.62. The van der Waals surface area contributed by atoms with E-state index < -0.39 is 0 Å². The number of fused-ring (bicyclic) bond motifs is 3. The number of hydrogen-bond acceptors (Lipinski definition) is 3. The van der Waals surface area contributed by atoms with Crippen molar-refractivity contribution in [2.24, 2.45) is 5.92 Å². The van der Waals surface area contributed by atoms with Crippen molar-refractivity contribution >= 4 is 17.3 Å². The molecule has 2 N–H and O–H groups in total. The number of nitrogens with one attached hydrogen (secondary N) is 1. The molecule has 0 radical (unpaired) electrons. The van der Waals surface area contributed by atoms with Crippen LogP contribution in [0.5, 0.6) is 0 Å². The molecule has 4 rings (SSSR count). The van der Waals surface area contributed by atoms with E-state index in [9.17, 15) is 9.50 Å². The highest BCUT2D eigenvalue weighted by Crippen LogP contribution is 2.50. The van der Waals surface area contributed by atoms with Crippen molar-refractivity contribution in [3.8, 4) is 0 Å². The predicted octanol–water partition coefficient (Wildman–Crippen LogP) is 4.47. The third-order valence-electron chi connectivity index (χ3n) is 5.04. The maximum absolute atomic E-state index is 13.3. The third-order valence-corrected chi connectivity index (χ3v) is 5.28. The summed E-state index contributed by atoms with van der Waals surface area (Å²) in [6, 6.07) is 12.4. The van der Waals surface area contributed by atoms with E-state index in [4.69, 9.17) is 16.3 Å². The van der Waals surface area contributed by atoms with Crippen LogP contribution in [-0.4, -0.2) is 17.8 Å². The Morgan fingerprint density at radius 3 is 2.71 bits per heavy atom. The first kappa shape index (κ1) is 15.9. The van der Waals surface area contributed by atoms with Gasteiger partial charge in [0.1, 0.15) is 5.82 Å². The minimum absolute atomic E-state index is 0.0216. The van der Waals surface area contributed by atoms with E-state index in [1.54, 1.807) is 0 Å². The van der Waals surface area contributed by atoms with Crippen LogP contribution in [0.3, 0.4) is 0 Å². The minimum Gasteiger partial charge on any atom is -0.394 e. The van der Waals surface area contributed by atoms with Gasteiger partial charge in [-0.25, -0.2) is 4.39 Å². The highest BCUT2D eigenvalue weighted by atomic mass is 35.5. The van der Waals surface area contributed by atoms with Gasteiger partial charge < -0.3 is 15.2 Å². The van der Waals surface area contributed by atoms with Gasteiger partial charge in [0, 0.05) is 22.2 Å². The molecule has 0 aromatic heterocycles. The van der Waals surface area contributed by atoms with Crippen molar-refractivity contribution in [2.45, 2.75) is 31.1 Å². The standard InChI is InChI=1S/C19H19ClFNO2/c20-12-3-8-17-16(9-12)19-15(7-6-14(10-23)24-19)18(22-17)11-1-4-13(21)5-2-11/h1-5,8-9,14-15,18-19,22-23H,6-7,10H2/t14-,15+,18+,19+/m0/s1. The molecular formula is C19H19ClFNO2. The summed E-state index contributed by atoms with van der Waals surface area (Å²) in [7, 11) is 0. The van der Waals surface area contributed by atoms with E-state index in [2.05, 4.69) is 5.32 Å². The third kappa shape index (κ3) is 2.79. The molecule has 126 valence electrons. The molecule has 2 aliphatic rings. The van der Waals surface area contributed by atoms with Crippen LogP contribution in [0.1, 0.15) is 36.1 Å². The van der Waals surface area contributed by atoms with Crippen molar-refractivity contribution < 1.29 is 14.2 Å². The zero-order valence-corrected chi connectivity index (χ0v) is 13.8. The first-order valence-corrected chi connectivity index (χ1v) is 8.61. The second-order valence-corrected chi connectivity index (χ2v) is 6.94. The molecule has 2 aromatic carbocycles. The molecule has 0 amide bonds. The van der Waals surface area contributed by atoms with Gasteiger partial charge in [0.2, 0.25) is 0 Å². The van der Waals surface area contributed by atoms with Gasteiger partial charge in [-0.05, 0) is 48.7 Å². The monoisotopic (exact) mass is 347 g/mol. The number of aliphatic hydroxyl groups excluding tert-OH is 1. The fourth-order valence-electron chi connectivity index (χ4n) is 3.86. The van der Waals surface area contributed by atoms with Gasteiger partial charge in [-0.2, -0.15) is 0 Å². The smallest absolute Gasteiger partial charge is 0.123 e. The van der Waals surface area contributed by atoms with Crippen LogP contribution < -0.4 is 5.32 Å². The van der Waals surface area contributed by atoms with Crippen molar-refractivity contribution in [3.63, 3.8) is 0 Å². The normalized spacial score (nSPS) is 28.6. The topological polar surface area (TPSA) is 41.5 Å². The van der Waals surface area contributed by atoms with E-state index in [1.807, 2.05) is 30.3 Å². The van der Waals surface area contributed by atoms with Crippen LogP contribution in [0.2, 0.25) is 5.02 Å². The molecule has 2 aromatic rings. The largest absolute Gasteiger partial charge is 0.394 e. The van der Waals surface area contributed by atoms with Crippen LogP contribution in [0, 0.1) is 11.7 Å². The van der Waals surface area contributed by atoms with Gasteiger partial charge in [0.05, 0.1) is 24.9 Å². The summed E-state index contributed by atoms with van der Waals surface area (Å²) in [5.74, 6) is -0.0252. The molecule has 2 aliphatic heterocycles. The SMILES string of the molecule is OC[C@@H]1CC[C@@H]2[C@@H](c3ccc(F)cc3)Nc3ccc(Cl)cc3[C@@H]2O1. The fraction of sp³-hybridized carbons (Fsp3) is 0.368.